The van der Waals surface area contributed by atoms with Gasteiger partial charge in [0.15, 0.2) is 18.1 Å². The molecule has 1 aromatic heterocycles. The summed E-state index contributed by atoms with van der Waals surface area (Å²) in [5, 5.41) is 9.80. The van der Waals surface area contributed by atoms with Crippen LogP contribution < -0.4 is 14.4 Å². The molecule has 0 atom stereocenters. The van der Waals surface area contributed by atoms with Crippen LogP contribution in [0, 0.1) is 25.2 Å². The van der Waals surface area contributed by atoms with E-state index < -0.39 is 0 Å². The quantitative estimate of drug-likeness (QED) is 0.384. The third-order valence-corrected chi connectivity index (χ3v) is 6.51. The Morgan fingerprint density at radius 3 is 2.75 bits per heavy atom. The molecule has 1 aliphatic heterocycles. The average Bonchev–Trinajstić information content (AvgIpc) is 3.50. The van der Waals surface area contributed by atoms with E-state index in [-0.39, 0.29) is 12.5 Å². The molecule has 0 bridgehead atoms. The van der Waals surface area contributed by atoms with Gasteiger partial charge in [-0.15, -0.1) is 0 Å². The number of carbonyl (C=O) groups is 1. The van der Waals surface area contributed by atoms with Crippen LogP contribution in [0.5, 0.6) is 11.5 Å². The van der Waals surface area contributed by atoms with Crippen molar-refractivity contribution in [3.63, 3.8) is 0 Å². The number of nitrogens with zero attached hydrogens (tertiary/aromatic N) is 3. The molecule has 180 valence electrons. The van der Waals surface area contributed by atoms with E-state index in [1.54, 1.807) is 30.2 Å². The van der Waals surface area contributed by atoms with E-state index in [0.29, 0.717) is 29.4 Å². The smallest absolute Gasteiger partial charge is 0.264 e. The molecule has 0 fully saturated rings. The maximum Gasteiger partial charge on any atom is 0.264 e. The molecule has 2 heterocycles. The number of rotatable bonds is 6. The third kappa shape index (κ3) is 4.41. The van der Waals surface area contributed by atoms with Gasteiger partial charge in [-0.25, -0.2) is 4.98 Å². The lowest BCUT2D eigenvalue weighted by molar-refractivity contribution is -0.120. The number of aromatic amines is 1. The third-order valence-electron chi connectivity index (χ3n) is 6.51. The lowest BCUT2D eigenvalue weighted by Gasteiger charge is -2.18. The van der Waals surface area contributed by atoms with Gasteiger partial charge in [0, 0.05) is 12.2 Å². The van der Waals surface area contributed by atoms with Gasteiger partial charge in [0.05, 0.1) is 23.7 Å². The first-order chi connectivity index (χ1) is 17.5. The maximum atomic E-state index is 12.8. The highest BCUT2D eigenvalue weighted by molar-refractivity contribution is 5.96. The van der Waals surface area contributed by atoms with Crippen molar-refractivity contribution in [3.8, 4) is 17.6 Å². The number of aryl methyl sites for hydroxylation is 2. The summed E-state index contributed by atoms with van der Waals surface area (Å²) < 4.78 is 11.3. The van der Waals surface area contributed by atoms with Gasteiger partial charge in [-0.05, 0) is 78.9 Å². The zero-order valence-corrected chi connectivity index (χ0v) is 20.5. The van der Waals surface area contributed by atoms with E-state index in [1.807, 2.05) is 56.3 Å². The molecule has 0 unspecified atom stereocenters. The highest BCUT2D eigenvalue weighted by Gasteiger charge is 2.24. The number of hydrogen-bond acceptors (Lipinski definition) is 5. The summed E-state index contributed by atoms with van der Waals surface area (Å²) in [5.74, 6) is 1.34. The number of benzene rings is 3. The topological polar surface area (TPSA) is 91.2 Å². The minimum atomic E-state index is -0.104. The predicted molar refractivity (Wildman–Crippen MR) is 140 cm³/mol. The number of hydrogen-bond donors (Lipinski definition) is 1. The van der Waals surface area contributed by atoms with Crippen molar-refractivity contribution in [1.82, 2.24) is 9.97 Å². The molecule has 0 saturated heterocycles. The number of para-hydroxylation sites is 1. The van der Waals surface area contributed by atoms with Gasteiger partial charge in [0.2, 0.25) is 0 Å². The van der Waals surface area contributed by atoms with Crippen LogP contribution in [0.15, 0.2) is 54.6 Å². The van der Waals surface area contributed by atoms with E-state index >= 15 is 0 Å². The number of imidazole rings is 1. The van der Waals surface area contributed by atoms with Crippen LogP contribution in [0.3, 0.4) is 0 Å². The fraction of sp³-hybridized carbons (Fsp3) is 0.207. The van der Waals surface area contributed by atoms with E-state index in [0.717, 1.165) is 39.8 Å². The second kappa shape index (κ2) is 9.59. The highest BCUT2D eigenvalue weighted by Crippen LogP contribution is 2.31. The Balaban J connectivity index is 1.34. The molecule has 1 aliphatic rings. The number of methoxy groups -OCH3 is 1. The normalized spacial score (nSPS) is 12.9. The number of allylic oxidation sites excluding steroid dienone is 1. The van der Waals surface area contributed by atoms with Crippen molar-refractivity contribution in [2.75, 3.05) is 25.2 Å². The second-order valence-corrected chi connectivity index (χ2v) is 8.83. The molecule has 7 heteroatoms. The molecule has 7 nitrogen and oxygen atoms in total. The van der Waals surface area contributed by atoms with Crippen molar-refractivity contribution in [3.05, 3.63) is 82.7 Å². The number of ether oxygens (including phenoxy) is 2. The molecular formula is C29H26N4O3. The summed E-state index contributed by atoms with van der Waals surface area (Å²) in [6, 6.07) is 19.5. The first-order valence-electron chi connectivity index (χ1n) is 11.7. The number of fused-ring (bicyclic) bond motifs is 2. The van der Waals surface area contributed by atoms with E-state index in [1.165, 1.54) is 5.56 Å². The molecule has 0 spiro atoms. The first-order valence-corrected chi connectivity index (χ1v) is 11.7. The van der Waals surface area contributed by atoms with Crippen LogP contribution in [0.25, 0.3) is 22.7 Å². The largest absolute Gasteiger partial charge is 0.493 e. The van der Waals surface area contributed by atoms with Gasteiger partial charge in [0.25, 0.3) is 5.91 Å². The van der Waals surface area contributed by atoms with Crippen LogP contribution in [0.1, 0.15) is 28.1 Å². The first kappa shape index (κ1) is 23.2. The molecular weight excluding hydrogens is 452 g/mol. The number of aromatic nitrogens is 2. The Morgan fingerprint density at radius 1 is 1.14 bits per heavy atom. The van der Waals surface area contributed by atoms with E-state index in [9.17, 15) is 10.1 Å². The fourth-order valence-corrected chi connectivity index (χ4v) is 4.43. The lowest BCUT2D eigenvalue weighted by atomic mass is 10.1. The average molecular weight is 479 g/mol. The minimum Gasteiger partial charge on any atom is -0.493 e. The van der Waals surface area contributed by atoms with E-state index in [2.05, 4.69) is 16.0 Å². The summed E-state index contributed by atoms with van der Waals surface area (Å²) in [6.45, 7) is 4.64. The van der Waals surface area contributed by atoms with Gasteiger partial charge in [-0.2, -0.15) is 5.26 Å². The second-order valence-electron chi connectivity index (χ2n) is 8.83. The van der Waals surface area contributed by atoms with Gasteiger partial charge in [-0.1, -0.05) is 24.3 Å². The van der Waals surface area contributed by atoms with Gasteiger partial charge >= 0.3 is 0 Å². The van der Waals surface area contributed by atoms with Crippen LogP contribution in [-0.2, 0) is 11.2 Å². The van der Waals surface area contributed by atoms with Gasteiger partial charge in [0.1, 0.15) is 11.9 Å². The van der Waals surface area contributed by atoms with Crippen LogP contribution >= 0.6 is 0 Å². The number of nitrogens with one attached hydrogen (secondary N) is 1. The summed E-state index contributed by atoms with van der Waals surface area (Å²) in [5.41, 5.74) is 7.29. The molecule has 5 rings (SSSR count). The summed E-state index contributed by atoms with van der Waals surface area (Å²) in [7, 11) is 1.54. The standard InChI is InChI=1S/C29H26N4O3/c1-18-12-23-24(13-19(18)2)32-29(31-23)22(16-30)14-20-8-9-26(27(15-20)35-3)36-17-28(34)33-11-10-21-6-4-5-7-25(21)33/h4-9,12-15H,10-11,17H2,1-3H3,(H,31,32)/b22-14+. The molecule has 36 heavy (non-hydrogen) atoms. The van der Waals surface area contributed by atoms with Crippen molar-refractivity contribution >= 4 is 34.3 Å². The van der Waals surface area contributed by atoms with Crippen LogP contribution in [0.2, 0.25) is 0 Å². The molecule has 4 aromatic rings. The Morgan fingerprint density at radius 2 is 1.94 bits per heavy atom. The van der Waals surface area contributed by atoms with Crippen LogP contribution in [-0.4, -0.2) is 36.1 Å². The highest BCUT2D eigenvalue weighted by atomic mass is 16.5. The Bertz CT molecular complexity index is 1510. The lowest BCUT2D eigenvalue weighted by Crippen LogP contribution is -2.33. The molecule has 1 N–H and O–H groups in total. The Hall–Kier alpha value is -4.57. The Labute approximate surface area is 209 Å². The number of H-pyrrole nitrogens is 1. The minimum absolute atomic E-state index is 0.0961. The number of nitriles is 1. The number of carbonyl (C=O) groups excluding carboxylic acids is 1. The Kier molecular flexibility index (Phi) is 6.17. The molecule has 0 aliphatic carbocycles. The van der Waals surface area contributed by atoms with Crippen molar-refractivity contribution in [2.24, 2.45) is 0 Å². The fourth-order valence-electron chi connectivity index (χ4n) is 4.43. The molecule has 3 aromatic carbocycles. The molecule has 0 saturated carbocycles. The SMILES string of the molecule is COc1cc(/C=C(\C#N)c2nc3cc(C)c(C)cc3[nH]2)ccc1OCC(=O)N1CCc2ccccc21. The van der Waals surface area contributed by atoms with Crippen molar-refractivity contribution < 1.29 is 14.3 Å². The summed E-state index contributed by atoms with van der Waals surface area (Å²) in [4.78, 5) is 22.4. The summed E-state index contributed by atoms with van der Waals surface area (Å²) in [6.07, 6.45) is 2.59. The maximum absolute atomic E-state index is 12.8. The van der Waals surface area contributed by atoms with Crippen molar-refractivity contribution in [2.45, 2.75) is 20.3 Å². The summed E-state index contributed by atoms with van der Waals surface area (Å²) >= 11 is 0. The number of amides is 1. The van der Waals surface area contributed by atoms with Crippen molar-refractivity contribution in [1.29, 1.82) is 5.26 Å². The van der Waals surface area contributed by atoms with Gasteiger partial charge in [-0.3, -0.25) is 4.79 Å². The number of anilines is 1. The zero-order valence-electron chi connectivity index (χ0n) is 20.5. The molecule has 0 radical (unpaired) electrons. The van der Waals surface area contributed by atoms with Gasteiger partial charge < -0.3 is 19.4 Å². The van der Waals surface area contributed by atoms with Crippen LogP contribution in [0.4, 0.5) is 5.69 Å². The van der Waals surface area contributed by atoms with E-state index in [4.69, 9.17) is 9.47 Å². The monoisotopic (exact) mass is 478 g/mol. The molecule has 1 amide bonds. The zero-order chi connectivity index (χ0) is 25.2. The predicted octanol–water partition coefficient (Wildman–Crippen LogP) is 5.22.